The first-order valence-corrected chi connectivity index (χ1v) is 8.26. The lowest BCUT2D eigenvalue weighted by atomic mass is 10.1. The highest BCUT2D eigenvalue weighted by atomic mass is 16.5. The Hall–Kier alpha value is -2.47. The van der Waals surface area contributed by atoms with Crippen molar-refractivity contribution in [3.8, 4) is 11.4 Å². The molecule has 1 N–H and O–H groups in total. The van der Waals surface area contributed by atoms with Crippen LogP contribution in [0.25, 0.3) is 22.3 Å². The first-order valence-electron chi connectivity index (χ1n) is 8.26. The first kappa shape index (κ1) is 15.1. The van der Waals surface area contributed by atoms with Crippen molar-refractivity contribution in [3.63, 3.8) is 0 Å². The SMILES string of the molecule is Cc1ccc2nc(NC[C@@H]3CCCO3)c(-c3noc(C)n3)cc2c1. The number of nitrogens with zero attached hydrogens (tertiary/aromatic N) is 3. The predicted molar refractivity (Wildman–Crippen MR) is 92.0 cm³/mol. The molecule has 2 aromatic heterocycles. The molecule has 24 heavy (non-hydrogen) atoms. The molecule has 6 heteroatoms. The van der Waals surface area contributed by atoms with Crippen molar-refractivity contribution in [2.75, 3.05) is 18.5 Å². The van der Waals surface area contributed by atoms with Crippen LogP contribution in [0.1, 0.15) is 24.3 Å². The van der Waals surface area contributed by atoms with Crippen molar-refractivity contribution in [1.82, 2.24) is 15.1 Å². The summed E-state index contributed by atoms with van der Waals surface area (Å²) in [4.78, 5) is 9.14. The number of ether oxygens (including phenoxy) is 1. The second-order valence-electron chi connectivity index (χ2n) is 6.23. The summed E-state index contributed by atoms with van der Waals surface area (Å²) in [6.45, 7) is 5.43. The second kappa shape index (κ2) is 6.20. The lowest BCUT2D eigenvalue weighted by Gasteiger charge is -2.14. The molecule has 0 amide bonds. The molecule has 1 aliphatic heterocycles. The van der Waals surface area contributed by atoms with Crippen molar-refractivity contribution < 1.29 is 9.26 Å². The maximum atomic E-state index is 5.69. The summed E-state index contributed by atoms with van der Waals surface area (Å²) in [5, 5.41) is 8.54. The quantitative estimate of drug-likeness (QED) is 0.792. The number of rotatable bonds is 4. The Balaban J connectivity index is 1.74. The van der Waals surface area contributed by atoms with Crippen molar-refractivity contribution >= 4 is 16.7 Å². The molecule has 124 valence electrons. The van der Waals surface area contributed by atoms with Crippen LogP contribution in [0, 0.1) is 13.8 Å². The zero-order valence-electron chi connectivity index (χ0n) is 13.9. The van der Waals surface area contributed by atoms with Gasteiger partial charge in [-0.05, 0) is 38.0 Å². The summed E-state index contributed by atoms with van der Waals surface area (Å²) < 4.78 is 10.8. The summed E-state index contributed by atoms with van der Waals surface area (Å²) in [5.74, 6) is 1.86. The molecule has 0 saturated carbocycles. The minimum absolute atomic E-state index is 0.236. The summed E-state index contributed by atoms with van der Waals surface area (Å²) >= 11 is 0. The van der Waals surface area contributed by atoms with Gasteiger partial charge in [0.2, 0.25) is 11.7 Å². The molecule has 3 aromatic rings. The van der Waals surface area contributed by atoms with Gasteiger partial charge >= 0.3 is 0 Å². The van der Waals surface area contributed by atoms with Gasteiger partial charge in [0.05, 0.1) is 17.2 Å². The molecule has 1 aliphatic rings. The number of hydrogen-bond acceptors (Lipinski definition) is 6. The van der Waals surface area contributed by atoms with Crippen LogP contribution in [0.5, 0.6) is 0 Å². The van der Waals surface area contributed by atoms with Gasteiger partial charge in [0.25, 0.3) is 0 Å². The third kappa shape index (κ3) is 2.97. The number of pyridine rings is 1. The standard InChI is InChI=1S/C18H20N4O2/c1-11-5-6-16-13(8-11)9-15(18-20-12(2)24-22-18)17(21-16)19-10-14-4-3-7-23-14/h5-6,8-9,14H,3-4,7,10H2,1-2H3,(H,19,21)/t14-/m0/s1. The molecule has 4 rings (SSSR count). The topological polar surface area (TPSA) is 73.1 Å². The van der Waals surface area contributed by atoms with E-state index in [1.165, 1.54) is 5.56 Å². The van der Waals surface area contributed by atoms with E-state index in [1.54, 1.807) is 6.92 Å². The van der Waals surface area contributed by atoms with Crippen LogP contribution in [0.3, 0.4) is 0 Å². The van der Waals surface area contributed by atoms with Crippen LogP contribution in [-0.2, 0) is 4.74 Å². The number of aryl methyl sites for hydroxylation is 2. The van der Waals surface area contributed by atoms with E-state index in [0.717, 1.165) is 48.3 Å². The lowest BCUT2D eigenvalue weighted by Crippen LogP contribution is -2.19. The molecule has 6 nitrogen and oxygen atoms in total. The maximum absolute atomic E-state index is 5.69. The monoisotopic (exact) mass is 324 g/mol. The van der Waals surface area contributed by atoms with Crippen LogP contribution in [0.4, 0.5) is 5.82 Å². The molecule has 3 heterocycles. The Labute approximate surface area is 140 Å². The van der Waals surface area contributed by atoms with E-state index in [2.05, 4.69) is 40.6 Å². The zero-order valence-corrected chi connectivity index (χ0v) is 13.9. The third-order valence-corrected chi connectivity index (χ3v) is 4.26. The fourth-order valence-corrected chi connectivity index (χ4v) is 3.03. The largest absolute Gasteiger partial charge is 0.376 e. The third-order valence-electron chi connectivity index (χ3n) is 4.26. The highest BCUT2D eigenvalue weighted by molar-refractivity contribution is 5.88. The average molecular weight is 324 g/mol. The van der Waals surface area contributed by atoms with Crippen molar-refractivity contribution in [2.45, 2.75) is 32.8 Å². The van der Waals surface area contributed by atoms with Crippen LogP contribution in [0.15, 0.2) is 28.8 Å². The average Bonchev–Trinajstić information content (AvgIpc) is 3.23. The highest BCUT2D eigenvalue weighted by Gasteiger charge is 2.18. The van der Waals surface area contributed by atoms with Crippen LogP contribution < -0.4 is 5.32 Å². The summed E-state index contributed by atoms with van der Waals surface area (Å²) in [6.07, 6.45) is 2.43. The normalized spacial score (nSPS) is 17.5. The van der Waals surface area contributed by atoms with E-state index in [4.69, 9.17) is 14.2 Å². The molecular formula is C18H20N4O2. The summed E-state index contributed by atoms with van der Waals surface area (Å²) in [5.41, 5.74) is 2.99. The van der Waals surface area contributed by atoms with Gasteiger partial charge in [0, 0.05) is 25.5 Å². The second-order valence-corrected chi connectivity index (χ2v) is 6.23. The zero-order chi connectivity index (χ0) is 16.5. The summed E-state index contributed by atoms with van der Waals surface area (Å²) in [7, 11) is 0. The van der Waals surface area contributed by atoms with Crippen LogP contribution in [-0.4, -0.2) is 34.4 Å². The molecule has 1 saturated heterocycles. The molecule has 1 atom stereocenters. The minimum atomic E-state index is 0.236. The van der Waals surface area contributed by atoms with Gasteiger partial charge in [-0.15, -0.1) is 0 Å². The number of fused-ring (bicyclic) bond motifs is 1. The predicted octanol–water partition coefficient (Wildman–Crippen LogP) is 3.49. The number of aromatic nitrogens is 3. The van der Waals surface area contributed by atoms with E-state index >= 15 is 0 Å². The number of hydrogen-bond donors (Lipinski definition) is 1. The van der Waals surface area contributed by atoms with E-state index in [-0.39, 0.29) is 6.10 Å². The van der Waals surface area contributed by atoms with Crippen LogP contribution >= 0.6 is 0 Å². The smallest absolute Gasteiger partial charge is 0.223 e. The first-order chi connectivity index (χ1) is 11.7. The summed E-state index contributed by atoms with van der Waals surface area (Å²) in [6, 6.07) is 8.28. The van der Waals surface area contributed by atoms with Gasteiger partial charge < -0.3 is 14.6 Å². The highest BCUT2D eigenvalue weighted by Crippen LogP contribution is 2.29. The molecular weight excluding hydrogens is 304 g/mol. The Morgan fingerprint density at radius 3 is 2.88 bits per heavy atom. The van der Waals surface area contributed by atoms with E-state index in [0.29, 0.717) is 11.7 Å². The maximum Gasteiger partial charge on any atom is 0.223 e. The van der Waals surface area contributed by atoms with Gasteiger partial charge in [0.15, 0.2) is 0 Å². The number of anilines is 1. The van der Waals surface area contributed by atoms with Gasteiger partial charge in [0.1, 0.15) is 5.82 Å². The van der Waals surface area contributed by atoms with E-state index in [1.807, 2.05) is 6.07 Å². The van der Waals surface area contributed by atoms with E-state index < -0.39 is 0 Å². The van der Waals surface area contributed by atoms with Crippen molar-refractivity contribution in [1.29, 1.82) is 0 Å². The van der Waals surface area contributed by atoms with Gasteiger partial charge in [-0.3, -0.25) is 0 Å². The fourth-order valence-electron chi connectivity index (χ4n) is 3.03. The fraction of sp³-hybridized carbons (Fsp3) is 0.389. The molecule has 1 aromatic carbocycles. The lowest BCUT2D eigenvalue weighted by molar-refractivity contribution is 0.120. The molecule has 0 bridgehead atoms. The molecule has 0 aliphatic carbocycles. The Morgan fingerprint density at radius 2 is 2.12 bits per heavy atom. The van der Waals surface area contributed by atoms with Crippen molar-refractivity contribution in [2.24, 2.45) is 0 Å². The number of nitrogens with one attached hydrogen (secondary N) is 1. The van der Waals surface area contributed by atoms with Gasteiger partial charge in [-0.25, -0.2) is 4.98 Å². The van der Waals surface area contributed by atoms with Crippen molar-refractivity contribution in [3.05, 3.63) is 35.7 Å². The Bertz CT molecular complexity index is 869. The van der Waals surface area contributed by atoms with Gasteiger partial charge in [-0.1, -0.05) is 16.8 Å². The Morgan fingerprint density at radius 1 is 1.21 bits per heavy atom. The van der Waals surface area contributed by atoms with Gasteiger partial charge in [-0.2, -0.15) is 4.98 Å². The number of benzene rings is 1. The minimum Gasteiger partial charge on any atom is -0.376 e. The van der Waals surface area contributed by atoms with E-state index in [9.17, 15) is 0 Å². The molecule has 0 unspecified atom stereocenters. The molecule has 0 spiro atoms. The Kier molecular flexibility index (Phi) is 3.90. The van der Waals surface area contributed by atoms with Crippen LogP contribution in [0.2, 0.25) is 0 Å². The molecule has 0 radical (unpaired) electrons. The molecule has 1 fully saturated rings.